The van der Waals surface area contributed by atoms with Gasteiger partial charge in [-0.1, -0.05) is 24.3 Å². The highest BCUT2D eigenvalue weighted by atomic mass is 19.1. The number of nitrogens with zero attached hydrogens (tertiary/aromatic N) is 4. The van der Waals surface area contributed by atoms with Crippen LogP contribution < -0.4 is 14.4 Å². The Balaban J connectivity index is 1.60. The van der Waals surface area contributed by atoms with Crippen LogP contribution in [0.4, 0.5) is 19.0 Å². The van der Waals surface area contributed by atoms with Gasteiger partial charge in [0.05, 0.1) is 26.8 Å². The predicted molar refractivity (Wildman–Crippen MR) is 143 cm³/mol. The molecule has 0 radical (unpaired) electrons. The van der Waals surface area contributed by atoms with Gasteiger partial charge in [0.1, 0.15) is 28.7 Å². The summed E-state index contributed by atoms with van der Waals surface area (Å²) in [4.78, 5) is 13.4. The average molecular weight is 532 g/mol. The number of halogens is 3. The molecule has 0 aliphatic rings. The van der Waals surface area contributed by atoms with Gasteiger partial charge in [-0.2, -0.15) is 9.37 Å². The molecule has 0 saturated carbocycles. The molecule has 198 valence electrons. The molecule has 0 N–H and O–H groups in total. The number of methoxy groups -OCH3 is 2. The molecule has 3 aromatic carbocycles. The van der Waals surface area contributed by atoms with E-state index in [-0.39, 0.29) is 11.1 Å². The lowest BCUT2D eigenvalue weighted by atomic mass is 10.0. The van der Waals surface area contributed by atoms with Crippen LogP contribution in [0.3, 0.4) is 0 Å². The van der Waals surface area contributed by atoms with E-state index in [0.717, 1.165) is 28.7 Å². The maximum atomic E-state index is 15.6. The predicted octanol–water partition coefficient (Wildman–Crippen LogP) is 6.64. The lowest BCUT2D eigenvalue weighted by Crippen LogP contribution is -2.23. The number of anilines is 1. The first-order valence-corrected chi connectivity index (χ1v) is 12.1. The van der Waals surface area contributed by atoms with Crippen molar-refractivity contribution in [3.63, 3.8) is 0 Å². The molecule has 2 aromatic heterocycles. The van der Waals surface area contributed by atoms with E-state index in [1.165, 1.54) is 0 Å². The first-order valence-electron chi connectivity index (χ1n) is 12.6. The van der Waals surface area contributed by atoms with Crippen LogP contribution in [-0.4, -0.2) is 29.2 Å². The van der Waals surface area contributed by atoms with Crippen molar-refractivity contribution in [2.24, 2.45) is 0 Å². The third kappa shape index (κ3) is 5.62. The fourth-order valence-corrected chi connectivity index (χ4v) is 4.32. The molecule has 0 spiro atoms. The maximum absolute atomic E-state index is 15.6. The second kappa shape index (κ2) is 11.0. The van der Waals surface area contributed by atoms with Gasteiger partial charge in [-0.15, -0.1) is 0 Å². The number of pyridine rings is 1. The fourth-order valence-electron chi connectivity index (χ4n) is 4.32. The Morgan fingerprint density at radius 3 is 1.97 bits per heavy atom. The summed E-state index contributed by atoms with van der Waals surface area (Å²) >= 11 is 0. The number of benzene rings is 3. The zero-order chi connectivity index (χ0) is 28.4. The van der Waals surface area contributed by atoms with Crippen molar-refractivity contribution in [1.82, 2.24) is 15.0 Å². The van der Waals surface area contributed by atoms with E-state index in [2.05, 4.69) is 15.0 Å². The Morgan fingerprint density at radius 2 is 1.41 bits per heavy atom. The number of aromatic nitrogens is 3. The van der Waals surface area contributed by atoms with E-state index in [4.69, 9.17) is 10.8 Å². The number of rotatable bonds is 8. The number of aryl methyl sites for hydroxylation is 1. The normalized spacial score (nSPS) is 11.4. The number of fused-ring (bicyclic) bond motifs is 1. The van der Waals surface area contributed by atoms with Crippen LogP contribution in [0.5, 0.6) is 11.5 Å². The Morgan fingerprint density at radius 1 is 0.821 bits per heavy atom. The highest BCUT2D eigenvalue weighted by Gasteiger charge is 2.21. The second-order valence-corrected chi connectivity index (χ2v) is 8.99. The molecular weight excluding hydrogens is 505 g/mol. The molecule has 0 saturated heterocycles. The van der Waals surface area contributed by atoms with Gasteiger partial charge >= 0.3 is 6.08 Å². The van der Waals surface area contributed by atoms with Crippen LogP contribution in [0.2, 0.25) is 0 Å². The molecule has 6 nitrogen and oxygen atoms in total. The summed E-state index contributed by atoms with van der Waals surface area (Å²) in [5, 5.41) is -0.228. The third-order valence-electron chi connectivity index (χ3n) is 6.27. The van der Waals surface area contributed by atoms with Crippen LogP contribution in [-0.2, 0) is 13.1 Å². The molecule has 0 fully saturated rings. The molecule has 39 heavy (non-hydrogen) atoms. The van der Waals surface area contributed by atoms with E-state index in [0.29, 0.717) is 24.5 Å². The van der Waals surface area contributed by atoms with Crippen LogP contribution in [0, 0.1) is 24.6 Å². The van der Waals surface area contributed by atoms with Crippen LogP contribution in [0.1, 0.15) is 18.1 Å². The standard InChI is InChI=1S/C30H25F3N4O2/c1-18-12-25(27-24(31)14-21-15-34-30(33)36-29(21)28(27)32)35-26(13-18)37(16-19-4-8-22(38-2)9-5-19)17-20-6-10-23(39-3)11-7-20/h4-15H,16-17H2,1-3H3/i15D. The molecule has 0 bridgehead atoms. The summed E-state index contributed by atoms with van der Waals surface area (Å²) in [5.74, 6) is -0.129. The minimum absolute atomic E-state index is 0.0203. The van der Waals surface area contributed by atoms with Gasteiger partial charge in [0.25, 0.3) is 0 Å². The molecule has 0 amide bonds. The third-order valence-corrected chi connectivity index (χ3v) is 6.27. The molecule has 0 atom stereocenters. The molecule has 0 aliphatic carbocycles. The first kappa shape index (κ1) is 24.7. The lowest BCUT2D eigenvalue weighted by Gasteiger charge is -2.25. The highest BCUT2D eigenvalue weighted by Crippen LogP contribution is 2.32. The number of ether oxygens (including phenoxy) is 2. The van der Waals surface area contributed by atoms with Crippen molar-refractivity contribution in [1.29, 1.82) is 0 Å². The second-order valence-electron chi connectivity index (χ2n) is 8.99. The zero-order valence-corrected chi connectivity index (χ0v) is 21.5. The smallest absolute Gasteiger partial charge is 0.309 e. The minimum Gasteiger partial charge on any atom is -0.497 e. The van der Waals surface area contributed by atoms with Crippen molar-refractivity contribution >= 4 is 16.7 Å². The van der Waals surface area contributed by atoms with Gasteiger partial charge < -0.3 is 14.4 Å². The molecule has 0 aliphatic heterocycles. The van der Waals surface area contributed by atoms with E-state index in [1.807, 2.05) is 59.5 Å². The van der Waals surface area contributed by atoms with Gasteiger partial charge in [-0.25, -0.2) is 18.7 Å². The minimum atomic E-state index is -1.27. The van der Waals surface area contributed by atoms with Crippen molar-refractivity contribution < 1.29 is 24.0 Å². The van der Waals surface area contributed by atoms with Gasteiger partial charge in [-0.05, 0) is 66.1 Å². The summed E-state index contributed by atoms with van der Waals surface area (Å²) in [6, 6.07) is 19.5. The summed E-state index contributed by atoms with van der Waals surface area (Å²) in [7, 11) is 3.19. The molecule has 9 heteroatoms. The van der Waals surface area contributed by atoms with E-state index in [9.17, 15) is 4.39 Å². The quantitative estimate of drug-likeness (QED) is 0.209. The topological polar surface area (TPSA) is 60.4 Å². The zero-order valence-electron chi connectivity index (χ0n) is 22.5. The largest absolute Gasteiger partial charge is 0.497 e. The van der Waals surface area contributed by atoms with Gasteiger partial charge in [0.15, 0.2) is 5.82 Å². The molecular formula is C30H25F3N4O2. The summed E-state index contributed by atoms with van der Waals surface area (Å²) in [5.41, 5.74) is 1.74. The lowest BCUT2D eigenvalue weighted by molar-refractivity contribution is 0.414. The van der Waals surface area contributed by atoms with Crippen LogP contribution in [0.15, 0.2) is 72.9 Å². The molecule has 0 unspecified atom stereocenters. The summed E-state index contributed by atoms with van der Waals surface area (Å²) in [6.45, 7) is 2.68. The maximum Gasteiger partial charge on any atom is 0.309 e. The van der Waals surface area contributed by atoms with Crippen molar-refractivity contribution in [2.75, 3.05) is 19.1 Å². The van der Waals surface area contributed by atoms with Crippen molar-refractivity contribution in [2.45, 2.75) is 20.0 Å². The Hall–Kier alpha value is -4.66. The Kier molecular flexibility index (Phi) is 6.95. The number of hydrogen-bond donors (Lipinski definition) is 0. The van der Waals surface area contributed by atoms with Crippen LogP contribution >= 0.6 is 0 Å². The molecule has 5 aromatic rings. The molecule has 2 heterocycles. The fraction of sp³-hybridized carbons (Fsp3) is 0.167. The molecule has 5 rings (SSSR count). The Labute approximate surface area is 225 Å². The number of hydrogen-bond acceptors (Lipinski definition) is 6. The summed E-state index contributed by atoms with van der Waals surface area (Å²) < 4.78 is 63.1. The van der Waals surface area contributed by atoms with E-state index < -0.39 is 35.0 Å². The van der Waals surface area contributed by atoms with Gasteiger partial charge in [0, 0.05) is 24.6 Å². The van der Waals surface area contributed by atoms with Crippen LogP contribution in [0.25, 0.3) is 22.2 Å². The SMILES string of the molecule is [2H]c1nc(F)nc2c(F)c(-c3cc(C)cc(N(Cc4ccc(OC)cc4)Cc4ccc(OC)cc4)n3)c(F)cc12. The highest BCUT2D eigenvalue weighted by molar-refractivity contribution is 5.84. The van der Waals surface area contributed by atoms with Crippen molar-refractivity contribution in [3.05, 3.63) is 107 Å². The first-order chi connectivity index (χ1) is 19.2. The van der Waals surface area contributed by atoms with Crippen molar-refractivity contribution in [3.8, 4) is 22.8 Å². The summed E-state index contributed by atoms with van der Waals surface area (Å²) in [6.07, 6.45) is -1.87. The van der Waals surface area contributed by atoms with E-state index in [1.54, 1.807) is 27.2 Å². The monoisotopic (exact) mass is 531 g/mol. The van der Waals surface area contributed by atoms with Gasteiger partial charge in [-0.3, -0.25) is 0 Å². The van der Waals surface area contributed by atoms with Gasteiger partial charge in [0.2, 0.25) is 0 Å². The average Bonchev–Trinajstić information content (AvgIpc) is 2.94. The van der Waals surface area contributed by atoms with E-state index >= 15 is 8.78 Å². The Bertz CT molecular complexity index is 1630.